The first-order valence-electron chi connectivity index (χ1n) is 10.8. The zero-order valence-corrected chi connectivity index (χ0v) is 20.5. The molecule has 0 radical (unpaired) electrons. The Labute approximate surface area is 203 Å². The van der Waals surface area contributed by atoms with Crippen LogP contribution in [-0.4, -0.2) is 32.5 Å². The van der Waals surface area contributed by atoms with E-state index in [1.54, 1.807) is 0 Å². The van der Waals surface area contributed by atoms with Crippen molar-refractivity contribution in [3.05, 3.63) is 81.9 Å². The summed E-state index contributed by atoms with van der Waals surface area (Å²) in [5.74, 6) is -1.66. The molecule has 5 N–H and O–H groups in total. The maximum absolute atomic E-state index is 13.8. The Balaban J connectivity index is 2.15. The van der Waals surface area contributed by atoms with E-state index in [9.17, 15) is 14.4 Å². The van der Waals surface area contributed by atoms with E-state index >= 15 is 0 Å². The smallest absolute Gasteiger partial charge is 0.270 e. The van der Waals surface area contributed by atoms with E-state index in [2.05, 4.69) is 9.69 Å². The minimum Gasteiger partial charge on any atom is -0.395 e. The van der Waals surface area contributed by atoms with E-state index in [0.717, 1.165) is 22.7 Å². The van der Waals surface area contributed by atoms with Gasteiger partial charge in [-0.2, -0.15) is 4.37 Å². The quantitative estimate of drug-likeness (QED) is 0.478. The van der Waals surface area contributed by atoms with Crippen molar-refractivity contribution in [1.82, 2.24) is 14.6 Å². The van der Waals surface area contributed by atoms with Crippen molar-refractivity contribution in [1.29, 1.82) is 0 Å². The molecule has 0 fully saturated rings. The number of carbonyl (C=O) groups excluding carboxylic acids is 3. The third-order valence-corrected chi connectivity index (χ3v) is 5.91. The van der Waals surface area contributed by atoms with Crippen LogP contribution in [0.3, 0.4) is 0 Å². The molecule has 3 amide bonds. The molecule has 3 aromatic rings. The lowest BCUT2D eigenvalue weighted by molar-refractivity contribution is -0.127. The maximum Gasteiger partial charge on any atom is 0.270 e. The zero-order valence-electron chi connectivity index (χ0n) is 19.7. The number of primary amides is 1. The molecule has 2 aromatic carbocycles. The van der Waals surface area contributed by atoms with Crippen LogP contribution in [0.1, 0.15) is 63.7 Å². The first-order valence-corrected chi connectivity index (χ1v) is 11.5. The second-order valence-corrected chi connectivity index (χ2v) is 9.88. The van der Waals surface area contributed by atoms with E-state index in [1.807, 2.05) is 82.3 Å². The van der Waals surface area contributed by atoms with Crippen LogP contribution in [0.25, 0.3) is 0 Å². The summed E-state index contributed by atoms with van der Waals surface area (Å²) in [6.45, 7) is 7.71. The summed E-state index contributed by atoms with van der Waals surface area (Å²) >= 11 is 0.793. The highest BCUT2D eigenvalue weighted by Gasteiger charge is 2.36. The molecule has 0 aliphatic carbocycles. The average Bonchev–Trinajstić information content (AvgIpc) is 3.15. The largest absolute Gasteiger partial charge is 0.395 e. The van der Waals surface area contributed by atoms with Gasteiger partial charge in [-0.1, -0.05) is 60.2 Å². The number of nitrogens with one attached hydrogen (secondary N) is 1. The molecule has 0 saturated heterocycles. The first-order chi connectivity index (χ1) is 16.0. The minimum atomic E-state index is -0.953. The highest BCUT2D eigenvalue weighted by molar-refractivity contribution is 7.09. The van der Waals surface area contributed by atoms with Gasteiger partial charge < -0.3 is 21.7 Å². The van der Waals surface area contributed by atoms with Crippen molar-refractivity contribution < 1.29 is 14.4 Å². The Bertz CT molecular complexity index is 1180. The average molecular weight is 480 g/mol. The van der Waals surface area contributed by atoms with E-state index in [4.69, 9.17) is 11.5 Å². The number of aromatic nitrogens is 1. The van der Waals surface area contributed by atoms with Crippen LogP contribution in [0.15, 0.2) is 54.6 Å². The number of anilines is 1. The van der Waals surface area contributed by atoms with Crippen LogP contribution >= 0.6 is 11.5 Å². The number of amides is 3. The lowest BCUT2D eigenvalue weighted by Gasteiger charge is -2.33. The molecule has 0 unspecified atom stereocenters. The molecule has 3 rings (SSSR count). The molecule has 9 heteroatoms. The first kappa shape index (κ1) is 24.9. The Morgan fingerprint density at radius 2 is 1.68 bits per heavy atom. The van der Waals surface area contributed by atoms with Crippen molar-refractivity contribution in [3.63, 3.8) is 0 Å². The van der Waals surface area contributed by atoms with Crippen LogP contribution in [0.2, 0.25) is 0 Å². The van der Waals surface area contributed by atoms with E-state index < -0.39 is 23.4 Å². The summed E-state index contributed by atoms with van der Waals surface area (Å²) in [6, 6.07) is 15.8. The van der Waals surface area contributed by atoms with Crippen molar-refractivity contribution in [3.8, 4) is 0 Å². The molecule has 0 bridgehead atoms. The van der Waals surface area contributed by atoms with Gasteiger partial charge in [0.05, 0.1) is 5.69 Å². The van der Waals surface area contributed by atoms with Gasteiger partial charge in [0.25, 0.3) is 11.8 Å². The molecule has 34 heavy (non-hydrogen) atoms. The highest BCUT2D eigenvalue weighted by Crippen LogP contribution is 2.30. The van der Waals surface area contributed by atoms with Gasteiger partial charge in [-0.15, -0.1) is 0 Å². The van der Waals surface area contributed by atoms with E-state index in [0.29, 0.717) is 5.56 Å². The van der Waals surface area contributed by atoms with Crippen molar-refractivity contribution in [2.24, 2.45) is 5.73 Å². The van der Waals surface area contributed by atoms with Gasteiger partial charge in [0.2, 0.25) is 5.91 Å². The molecule has 0 aliphatic rings. The minimum absolute atomic E-state index is 0.0606. The summed E-state index contributed by atoms with van der Waals surface area (Å²) in [5, 5.41) is 2.99. The summed E-state index contributed by atoms with van der Waals surface area (Å²) in [7, 11) is 0. The number of benzene rings is 2. The van der Waals surface area contributed by atoms with Crippen molar-refractivity contribution in [2.75, 3.05) is 5.73 Å². The molecule has 8 nitrogen and oxygen atoms in total. The molecule has 178 valence electrons. The number of nitrogen functional groups attached to an aromatic ring is 1. The van der Waals surface area contributed by atoms with Crippen LogP contribution < -0.4 is 16.8 Å². The maximum atomic E-state index is 13.8. The van der Waals surface area contributed by atoms with Gasteiger partial charge in [0, 0.05) is 12.1 Å². The fourth-order valence-electron chi connectivity index (χ4n) is 3.48. The molecule has 1 heterocycles. The zero-order chi connectivity index (χ0) is 25.0. The molecular weight excluding hydrogens is 450 g/mol. The molecule has 1 atom stereocenters. The van der Waals surface area contributed by atoms with Crippen LogP contribution in [0.4, 0.5) is 5.69 Å². The number of nitrogens with two attached hydrogens (primary N) is 2. The van der Waals surface area contributed by atoms with Gasteiger partial charge in [0.15, 0.2) is 5.69 Å². The third kappa shape index (κ3) is 5.79. The SMILES string of the molecule is Cc1ccc([C@@H](C(=O)NC(C)(C)C)N(Cc2ccccc2)C(=O)c2snc(C(N)=O)c2N)cc1. The molecule has 0 saturated carbocycles. The standard InChI is InChI=1S/C25H29N5O3S/c1-15-10-12-17(13-11-15)20(23(32)28-25(2,3)4)30(14-16-8-6-5-7-9-16)24(33)21-18(26)19(22(27)31)29-34-21/h5-13,20H,14,26H2,1-4H3,(H2,27,31)(H,28,32)/t20-/m0/s1. The monoisotopic (exact) mass is 479 g/mol. The summed E-state index contributed by atoms with van der Waals surface area (Å²) in [6.07, 6.45) is 0. The number of hydrogen-bond acceptors (Lipinski definition) is 6. The van der Waals surface area contributed by atoms with Crippen molar-refractivity contribution in [2.45, 2.75) is 45.8 Å². The van der Waals surface area contributed by atoms with E-state index in [-0.39, 0.29) is 28.7 Å². The van der Waals surface area contributed by atoms with Crippen molar-refractivity contribution >= 4 is 34.9 Å². The second kappa shape index (κ2) is 10.0. The summed E-state index contributed by atoms with van der Waals surface area (Å²) in [5.41, 5.74) is 13.2. The molecular formula is C25H29N5O3S. The van der Waals surface area contributed by atoms with Gasteiger partial charge in [0.1, 0.15) is 10.9 Å². The highest BCUT2D eigenvalue weighted by atomic mass is 32.1. The lowest BCUT2D eigenvalue weighted by atomic mass is 9.99. The lowest BCUT2D eigenvalue weighted by Crippen LogP contribution is -2.49. The van der Waals surface area contributed by atoms with Gasteiger partial charge in [-0.25, -0.2) is 0 Å². The van der Waals surface area contributed by atoms with Gasteiger partial charge in [-0.05, 0) is 50.4 Å². The fourth-order valence-corrected chi connectivity index (χ4v) is 4.24. The molecule has 0 aliphatic heterocycles. The Kier molecular flexibility index (Phi) is 7.36. The van der Waals surface area contributed by atoms with Crippen LogP contribution in [-0.2, 0) is 11.3 Å². The van der Waals surface area contributed by atoms with Crippen LogP contribution in [0.5, 0.6) is 0 Å². The third-order valence-electron chi connectivity index (χ3n) is 5.06. The predicted octanol–water partition coefficient (Wildman–Crippen LogP) is 3.43. The number of hydrogen-bond donors (Lipinski definition) is 3. The summed E-state index contributed by atoms with van der Waals surface area (Å²) in [4.78, 5) is 40.6. The van der Waals surface area contributed by atoms with Gasteiger partial charge >= 0.3 is 0 Å². The van der Waals surface area contributed by atoms with Crippen LogP contribution in [0, 0.1) is 6.92 Å². The normalized spacial score (nSPS) is 12.1. The predicted molar refractivity (Wildman–Crippen MR) is 133 cm³/mol. The number of rotatable bonds is 7. The molecule has 1 aromatic heterocycles. The summed E-state index contributed by atoms with van der Waals surface area (Å²) < 4.78 is 3.97. The second-order valence-electron chi connectivity index (χ2n) is 9.11. The Hall–Kier alpha value is -3.72. The van der Waals surface area contributed by atoms with E-state index in [1.165, 1.54) is 4.90 Å². The molecule has 0 spiro atoms. The number of aryl methyl sites for hydroxylation is 1. The Morgan fingerprint density at radius 3 is 2.21 bits per heavy atom. The number of carbonyl (C=O) groups is 3. The topological polar surface area (TPSA) is 131 Å². The number of nitrogens with zero attached hydrogens (tertiary/aromatic N) is 2. The fraction of sp³-hybridized carbons (Fsp3) is 0.280. The Morgan fingerprint density at radius 1 is 1.06 bits per heavy atom. The van der Waals surface area contributed by atoms with Gasteiger partial charge in [-0.3, -0.25) is 14.4 Å².